The second-order valence-corrected chi connectivity index (χ2v) is 2.21. The molecule has 0 rings (SSSR count). The van der Waals surface area contributed by atoms with Gasteiger partial charge in [-0.05, 0) is 6.42 Å². The number of nitrogens with two attached hydrogens (primary N) is 1. The van der Waals surface area contributed by atoms with Crippen molar-refractivity contribution in [2.45, 2.75) is 25.8 Å². The molecule has 1 atom stereocenters. The number of aliphatic carboxylic acids is 1. The highest BCUT2D eigenvalue weighted by atomic mass is 16.4. The zero-order valence-electron chi connectivity index (χ0n) is 6.33. The fraction of sp³-hybridized carbons (Fsp3) is 0.667. The molecular formula is C6H12N2O3. The van der Waals surface area contributed by atoms with Crippen LogP contribution in [-0.4, -0.2) is 23.1 Å². The third-order valence-electron chi connectivity index (χ3n) is 1.26. The minimum Gasteiger partial charge on any atom is -0.481 e. The van der Waals surface area contributed by atoms with Gasteiger partial charge in [-0.3, -0.25) is 4.79 Å². The lowest BCUT2D eigenvalue weighted by Crippen LogP contribution is -2.39. The minimum absolute atomic E-state index is 0.0839. The first kappa shape index (κ1) is 9.74. The maximum Gasteiger partial charge on any atom is 0.312 e. The van der Waals surface area contributed by atoms with E-state index in [1.54, 1.807) is 6.92 Å². The zero-order chi connectivity index (χ0) is 8.85. The van der Waals surface area contributed by atoms with Crippen molar-refractivity contribution >= 4 is 12.0 Å². The summed E-state index contributed by atoms with van der Waals surface area (Å²) in [6.45, 7) is 1.78. The molecule has 0 aliphatic heterocycles. The molecule has 5 heteroatoms. The van der Waals surface area contributed by atoms with Crippen molar-refractivity contribution in [3.63, 3.8) is 0 Å². The van der Waals surface area contributed by atoms with Crippen molar-refractivity contribution in [1.29, 1.82) is 0 Å². The van der Waals surface area contributed by atoms with E-state index >= 15 is 0 Å². The van der Waals surface area contributed by atoms with Crippen LogP contribution in [0.3, 0.4) is 0 Å². The molecule has 0 aromatic carbocycles. The fourth-order valence-corrected chi connectivity index (χ4v) is 0.709. The molecule has 0 aromatic rings. The Bertz CT molecular complexity index is 142. The number of primary amides is 1. The Labute approximate surface area is 64.6 Å². The Morgan fingerprint density at radius 1 is 1.64 bits per heavy atom. The predicted molar refractivity (Wildman–Crippen MR) is 39.1 cm³/mol. The fourth-order valence-electron chi connectivity index (χ4n) is 0.709. The van der Waals surface area contributed by atoms with Gasteiger partial charge in [-0.15, -0.1) is 0 Å². The van der Waals surface area contributed by atoms with Gasteiger partial charge in [-0.1, -0.05) is 6.92 Å². The van der Waals surface area contributed by atoms with Gasteiger partial charge < -0.3 is 16.2 Å². The van der Waals surface area contributed by atoms with Crippen LogP contribution in [0.4, 0.5) is 4.79 Å². The average molecular weight is 160 g/mol. The Hall–Kier alpha value is -1.26. The molecule has 11 heavy (non-hydrogen) atoms. The number of rotatable bonds is 4. The van der Waals surface area contributed by atoms with Crippen LogP contribution in [0.1, 0.15) is 19.8 Å². The second kappa shape index (κ2) is 4.54. The SMILES string of the molecule is CC[C@@H](CC(=O)O)NC(N)=O. The molecule has 0 unspecified atom stereocenters. The van der Waals surface area contributed by atoms with Crippen LogP contribution in [0, 0.1) is 0 Å². The second-order valence-electron chi connectivity index (χ2n) is 2.21. The first-order chi connectivity index (χ1) is 5.06. The van der Waals surface area contributed by atoms with E-state index < -0.39 is 12.0 Å². The third-order valence-corrected chi connectivity index (χ3v) is 1.26. The number of hydrogen-bond acceptors (Lipinski definition) is 2. The maximum atomic E-state index is 10.3. The molecule has 0 heterocycles. The Morgan fingerprint density at radius 3 is 2.45 bits per heavy atom. The lowest BCUT2D eigenvalue weighted by atomic mass is 10.1. The molecule has 4 N–H and O–H groups in total. The number of carboxylic acids is 1. The molecule has 5 nitrogen and oxygen atoms in total. The summed E-state index contributed by atoms with van der Waals surface area (Å²) >= 11 is 0. The van der Waals surface area contributed by atoms with Crippen molar-refractivity contribution in [1.82, 2.24) is 5.32 Å². The molecule has 0 fully saturated rings. The average Bonchev–Trinajstić information content (AvgIpc) is 1.84. The van der Waals surface area contributed by atoms with Gasteiger partial charge in [0.1, 0.15) is 0 Å². The van der Waals surface area contributed by atoms with Crippen LogP contribution in [0.5, 0.6) is 0 Å². The van der Waals surface area contributed by atoms with Crippen molar-refractivity contribution in [3.8, 4) is 0 Å². The highest BCUT2D eigenvalue weighted by molar-refractivity contribution is 5.73. The van der Waals surface area contributed by atoms with Crippen molar-refractivity contribution in [2.75, 3.05) is 0 Å². The van der Waals surface area contributed by atoms with Crippen LogP contribution in [0.15, 0.2) is 0 Å². The molecular weight excluding hydrogens is 148 g/mol. The van der Waals surface area contributed by atoms with Crippen LogP contribution in [0.25, 0.3) is 0 Å². The predicted octanol–water partition coefficient (Wildman–Crippen LogP) is -0.0920. The molecule has 0 saturated heterocycles. The standard InChI is InChI=1S/C6H12N2O3/c1-2-4(3-5(9)10)8-6(7)11/h4H,2-3H2,1H3,(H,9,10)(H3,7,8,11)/t4-/m0/s1. The summed E-state index contributed by atoms with van der Waals surface area (Å²) in [5, 5.41) is 10.7. The van der Waals surface area contributed by atoms with Crippen molar-refractivity contribution in [3.05, 3.63) is 0 Å². The first-order valence-corrected chi connectivity index (χ1v) is 3.34. The van der Waals surface area contributed by atoms with E-state index in [2.05, 4.69) is 5.32 Å². The molecule has 2 amide bonds. The summed E-state index contributed by atoms with van der Waals surface area (Å²) in [5.74, 6) is -0.939. The van der Waals surface area contributed by atoms with Gasteiger partial charge in [0.05, 0.1) is 6.42 Å². The number of hydrogen-bond donors (Lipinski definition) is 3. The van der Waals surface area contributed by atoms with E-state index in [9.17, 15) is 9.59 Å². The Balaban J connectivity index is 3.76. The van der Waals surface area contributed by atoms with Gasteiger partial charge in [0, 0.05) is 6.04 Å². The summed E-state index contributed by atoms with van der Waals surface area (Å²) in [4.78, 5) is 20.4. The van der Waals surface area contributed by atoms with Crippen molar-refractivity contribution < 1.29 is 14.7 Å². The number of carbonyl (C=O) groups excluding carboxylic acids is 1. The Kier molecular flexibility index (Phi) is 4.02. The van der Waals surface area contributed by atoms with Gasteiger partial charge in [-0.25, -0.2) is 4.79 Å². The molecule has 0 aromatic heterocycles. The summed E-state index contributed by atoms with van der Waals surface area (Å²) in [7, 11) is 0. The molecule has 0 bridgehead atoms. The van der Waals surface area contributed by atoms with Crippen LogP contribution >= 0.6 is 0 Å². The summed E-state index contributed by atoms with van der Waals surface area (Å²) in [6.07, 6.45) is 0.481. The molecule has 0 aliphatic carbocycles. The summed E-state index contributed by atoms with van der Waals surface area (Å²) in [5.41, 5.74) is 4.80. The highest BCUT2D eigenvalue weighted by Crippen LogP contribution is 1.96. The van der Waals surface area contributed by atoms with Gasteiger partial charge >= 0.3 is 12.0 Å². The summed E-state index contributed by atoms with van der Waals surface area (Å²) < 4.78 is 0. The molecule has 0 spiro atoms. The Morgan fingerprint density at radius 2 is 2.18 bits per heavy atom. The van der Waals surface area contributed by atoms with E-state index in [0.29, 0.717) is 6.42 Å². The van der Waals surface area contributed by atoms with E-state index in [1.807, 2.05) is 0 Å². The largest absolute Gasteiger partial charge is 0.481 e. The molecule has 0 radical (unpaired) electrons. The smallest absolute Gasteiger partial charge is 0.312 e. The lowest BCUT2D eigenvalue weighted by molar-refractivity contribution is -0.137. The van der Waals surface area contributed by atoms with Crippen LogP contribution in [0.2, 0.25) is 0 Å². The number of carboxylic acid groups (broad SMARTS) is 1. The normalized spacial score (nSPS) is 12.1. The van der Waals surface area contributed by atoms with Crippen molar-refractivity contribution in [2.24, 2.45) is 5.73 Å². The van der Waals surface area contributed by atoms with Gasteiger partial charge in [-0.2, -0.15) is 0 Å². The van der Waals surface area contributed by atoms with E-state index in [4.69, 9.17) is 10.8 Å². The first-order valence-electron chi connectivity index (χ1n) is 3.34. The van der Waals surface area contributed by atoms with Crippen LogP contribution in [-0.2, 0) is 4.79 Å². The van der Waals surface area contributed by atoms with Crippen LogP contribution < -0.4 is 11.1 Å². The number of urea groups is 1. The number of amides is 2. The minimum atomic E-state index is -0.939. The lowest BCUT2D eigenvalue weighted by Gasteiger charge is -2.11. The van der Waals surface area contributed by atoms with Gasteiger partial charge in [0.15, 0.2) is 0 Å². The van der Waals surface area contributed by atoms with E-state index in [1.165, 1.54) is 0 Å². The summed E-state index contributed by atoms with van der Waals surface area (Å²) in [6, 6.07) is -1.04. The van der Waals surface area contributed by atoms with E-state index in [0.717, 1.165) is 0 Å². The maximum absolute atomic E-state index is 10.3. The van der Waals surface area contributed by atoms with Gasteiger partial charge in [0.25, 0.3) is 0 Å². The molecule has 64 valence electrons. The molecule has 0 aliphatic rings. The highest BCUT2D eigenvalue weighted by Gasteiger charge is 2.11. The zero-order valence-corrected chi connectivity index (χ0v) is 6.33. The monoisotopic (exact) mass is 160 g/mol. The number of nitrogens with one attached hydrogen (secondary N) is 1. The van der Waals surface area contributed by atoms with E-state index in [-0.39, 0.29) is 12.5 Å². The topological polar surface area (TPSA) is 92.4 Å². The quantitative estimate of drug-likeness (QED) is 0.536. The number of carbonyl (C=O) groups is 2. The molecule has 0 saturated carbocycles. The third kappa shape index (κ3) is 5.20. The van der Waals surface area contributed by atoms with Gasteiger partial charge in [0.2, 0.25) is 0 Å².